The Bertz CT molecular complexity index is 891. The smallest absolute Gasteiger partial charge is 0.311 e. The molecule has 2 aromatic rings. The van der Waals surface area contributed by atoms with Crippen molar-refractivity contribution in [3.63, 3.8) is 0 Å². The van der Waals surface area contributed by atoms with Crippen LogP contribution in [-0.2, 0) is 9.84 Å². The van der Waals surface area contributed by atoms with E-state index < -0.39 is 14.8 Å². The maximum Gasteiger partial charge on any atom is 0.311 e. The number of piperidine rings is 1. The number of hydrogen-bond donors (Lipinski definition) is 0. The van der Waals surface area contributed by atoms with E-state index in [2.05, 4.69) is 0 Å². The Morgan fingerprint density at radius 2 is 1.73 bits per heavy atom. The zero-order valence-corrected chi connectivity index (χ0v) is 15.2. The molecule has 1 aliphatic rings. The summed E-state index contributed by atoms with van der Waals surface area (Å²) in [6.45, 7) is 1.12. The second kappa shape index (κ2) is 7.33. The fourth-order valence-corrected chi connectivity index (χ4v) is 4.01. The minimum Gasteiger partial charge on any atom is -0.490 e. The molecule has 0 aliphatic carbocycles. The third-order valence-corrected chi connectivity index (χ3v) is 5.52. The number of rotatable bonds is 5. The van der Waals surface area contributed by atoms with E-state index in [9.17, 15) is 18.5 Å². The van der Waals surface area contributed by atoms with Crippen LogP contribution in [0.25, 0.3) is 0 Å². The maximum atomic E-state index is 11.9. The Labute approximate surface area is 152 Å². The van der Waals surface area contributed by atoms with E-state index in [0.29, 0.717) is 31.6 Å². The molecule has 1 fully saturated rings. The molecule has 0 N–H and O–H groups in total. The molecule has 1 saturated heterocycles. The molecule has 0 saturated carbocycles. The van der Waals surface area contributed by atoms with Crippen LogP contribution in [0.2, 0.25) is 0 Å². The van der Waals surface area contributed by atoms with Gasteiger partial charge in [0, 0.05) is 32.2 Å². The number of nitro benzene ring substituents is 1. The lowest BCUT2D eigenvalue weighted by Gasteiger charge is -2.33. The molecule has 0 aromatic heterocycles. The van der Waals surface area contributed by atoms with E-state index in [1.54, 1.807) is 12.1 Å². The van der Waals surface area contributed by atoms with Gasteiger partial charge in [-0.25, -0.2) is 8.42 Å². The minimum atomic E-state index is -3.68. The summed E-state index contributed by atoms with van der Waals surface area (Å²) in [6, 6.07) is 14.0. The highest BCUT2D eigenvalue weighted by molar-refractivity contribution is 7.90. The SMILES string of the molecule is CS(=O)(=O)c1cccc(N2CCC(Oc3ccccc3)CC2)c1[N+](=O)[O-]. The average molecular weight is 376 g/mol. The van der Waals surface area contributed by atoms with Crippen molar-refractivity contribution in [2.45, 2.75) is 23.8 Å². The van der Waals surface area contributed by atoms with E-state index in [4.69, 9.17) is 4.74 Å². The van der Waals surface area contributed by atoms with E-state index in [1.807, 2.05) is 35.2 Å². The lowest BCUT2D eigenvalue weighted by atomic mass is 10.1. The number of nitro groups is 1. The first-order chi connectivity index (χ1) is 12.4. The molecule has 0 spiro atoms. The Balaban J connectivity index is 1.78. The van der Waals surface area contributed by atoms with Crippen LogP contribution < -0.4 is 9.64 Å². The van der Waals surface area contributed by atoms with Crippen LogP contribution in [0.5, 0.6) is 5.75 Å². The molecule has 7 nitrogen and oxygen atoms in total. The zero-order valence-electron chi connectivity index (χ0n) is 14.4. The van der Waals surface area contributed by atoms with Crippen LogP contribution in [0.15, 0.2) is 53.4 Å². The average Bonchev–Trinajstić information content (AvgIpc) is 2.62. The van der Waals surface area contributed by atoms with E-state index in [0.717, 1.165) is 12.0 Å². The molecule has 0 radical (unpaired) electrons. The van der Waals surface area contributed by atoms with Crippen molar-refractivity contribution in [1.82, 2.24) is 0 Å². The van der Waals surface area contributed by atoms with E-state index in [1.165, 1.54) is 6.07 Å². The number of hydrogen-bond acceptors (Lipinski definition) is 6. The van der Waals surface area contributed by atoms with Gasteiger partial charge in [0.1, 0.15) is 22.4 Å². The Hall–Kier alpha value is -2.61. The highest BCUT2D eigenvalue weighted by atomic mass is 32.2. The molecule has 138 valence electrons. The Kier molecular flexibility index (Phi) is 5.13. The Morgan fingerprint density at radius 3 is 2.31 bits per heavy atom. The number of ether oxygens (including phenoxy) is 1. The fraction of sp³-hybridized carbons (Fsp3) is 0.333. The van der Waals surface area contributed by atoms with Crippen LogP contribution in [0.4, 0.5) is 11.4 Å². The van der Waals surface area contributed by atoms with Crippen LogP contribution in [0, 0.1) is 10.1 Å². The molecule has 2 aromatic carbocycles. The van der Waals surface area contributed by atoms with Gasteiger partial charge in [-0.3, -0.25) is 10.1 Å². The summed E-state index contributed by atoms with van der Waals surface area (Å²) in [7, 11) is -3.68. The summed E-state index contributed by atoms with van der Waals surface area (Å²) in [5, 5.41) is 11.5. The first-order valence-corrected chi connectivity index (χ1v) is 10.2. The number of para-hydroxylation sites is 2. The molecule has 8 heteroatoms. The topological polar surface area (TPSA) is 89.8 Å². The van der Waals surface area contributed by atoms with Gasteiger partial charge in [-0.2, -0.15) is 0 Å². The van der Waals surface area contributed by atoms with Gasteiger partial charge in [0.2, 0.25) is 0 Å². The lowest BCUT2D eigenvalue weighted by molar-refractivity contribution is -0.387. The van der Waals surface area contributed by atoms with Crippen molar-refractivity contribution >= 4 is 21.2 Å². The lowest BCUT2D eigenvalue weighted by Crippen LogP contribution is -2.38. The highest BCUT2D eigenvalue weighted by Gasteiger charge is 2.31. The van der Waals surface area contributed by atoms with Crippen molar-refractivity contribution in [2.75, 3.05) is 24.2 Å². The van der Waals surface area contributed by atoms with Crippen molar-refractivity contribution < 1.29 is 18.1 Å². The molecule has 0 unspecified atom stereocenters. The van der Waals surface area contributed by atoms with E-state index in [-0.39, 0.29) is 16.7 Å². The van der Waals surface area contributed by atoms with Crippen LogP contribution in [0.1, 0.15) is 12.8 Å². The predicted octanol–water partition coefficient (Wildman–Crippen LogP) is 3.05. The second-order valence-corrected chi connectivity index (χ2v) is 8.25. The first kappa shape index (κ1) is 18.2. The van der Waals surface area contributed by atoms with Crippen molar-refractivity contribution in [3.8, 4) is 5.75 Å². The molecule has 0 atom stereocenters. The largest absolute Gasteiger partial charge is 0.490 e. The number of anilines is 1. The summed E-state index contributed by atoms with van der Waals surface area (Å²) in [5.74, 6) is 0.802. The normalized spacial score (nSPS) is 15.7. The third kappa shape index (κ3) is 3.96. The molecule has 1 heterocycles. The van der Waals surface area contributed by atoms with E-state index >= 15 is 0 Å². The van der Waals surface area contributed by atoms with Gasteiger partial charge in [-0.15, -0.1) is 0 Å². The number of sulfone groups is 1. The minimum absolute atomic E-state index is 0.0331. The molecular formula is C18H20N2O5S. The van der Waals surface area contributed by atoms with Crippen LogP contribution in [0.3, 0.4) is 0 Å². The van der Waals surface area contributed by atoms with Crippen molar-refractivity contribution in [2.24, 2.45) is 0 Å². The number of nitrogens with zero attached hydrogens (tertiary/aromatic N) is 2. The maximum absolute atomic E-state index is 11.9. The van der Waals surface area contributed by atoms with Gasteiger partial charge in [0.25, 0.3) is 0 Å². The highest BCUT2D eigenvalue weighted by Crippen LogP contribution is 2.36. The standard InChI is InChI=1S/C18H20N2O5S/c1-26(23,24)17-9-5-8-16(18(17)20(21)22)19-12-10-15(11-13-19)25-14-6-3-2-4-7-14/h2-9,15H,10-13H2,1H3. The zero-order chi connectivity index (χ0) is 18.7. The van der Waals surface area contributed by atoms with Gasteiger partial charge in [0.05, 0.1) is 4.92 Å². The Morgan fingerprint density at radius 1 is 1.08 bits per heavy atom. The molecule has 3 rings (SSSR count). The monoisotopic (exact) mass is 376 g/mol. The summed E-state index contributed by atoms with van der Waals surface area (Å²) in [5.41, 5.74) is -0.00601. The third-order valence-electron chi connectivity index (χ3n) is 4.39. The van der Waals surface area contributed by atoms with Crippen molar-refractivity contribution in [3.05, 3.63) is 58.6 Å². The molecule has 0 amide bonds. The first-order valence-electron chi connectivity index (χ1n) is 8.30. The fourth-order valence-electron chi connectivity index (χ4n) is 3.15. The van der Waals surface area contributed by atoms with Gasteiger partial charge >= 0.3 is 5.69 Å². The molecule has 1 aliphatic heterocycles. The van der Waals surface area contributed by atoms with Gasteiger partial charge in [0.15, 0.2) is 9.84 Å². The van der Waals surface area contributed by atoms with Gasteiger partial charge in [-0.05, 0) is 24.3 Å². The van der Waals surface area contributed by atoms with Crippen LogP contribution >= 0.6 is 0 Å². The second-order valence-electron chi connectivity index (χ2n) is 6.27. The molecule has 0 bridgehead atoms. The summed E-state index contributed by atoms with van der Waals surface area (Å²) < 4.78 is 29.7. The quantitative estimate of drug-likeness (QED) is 0.588. The summed E-state index contributed by atoms with van der Waals surface area (Å²) in [4.78, 5) is 12.5. The van der Waals surface area contributed by atoms with Crippen LogP contribution in [-0.4, -0.2) is 38.8 Å². The van der Waals surface area contributed by atoms with Gasteiger partial charge < -0.3 is 9.64 Å². The summed E-state index contributed by atoms with van der Waals surface area (Å²) >= 11 is 0. The molecule has 26 heavy (non-hydrogen) atoms. The number of benzene rings is 2. The van der Waals surface area contributed by atoms with Gasteiger partial charge in [-0.1, -0.05) is 24.3 Å². The molecular weight excluding hydrogens is 356 g/mol. The predicted molar refractivity (Wildman–Crippen MR) is 98.5 cm³/mol. The van der Waals surface area contributed by atoms with Crippen molar-refractivity contribution in [1.29, 1.82) is 0 Å². The summed E-state index contributed by atoms with van der Waals surface area (Å²) in [6.07, 6.45) is 2.43.